The summed E-state index contributed by atoms with van der Waals surface area (Å²) in [5.41, 5.74) is 1.82. The standard InChI is InChI=1S/C21H30N4OS/c1-5-23-20(25-15-21(2,3)18-10-7-13-27-18)24-12-11-16-8-6-9-17(14-16)19(26)22-4/h6-10,13-14H,5,11-12,15H2,1-4H3,(H,22,26)(H2,23,24,25). The summed E-state index contributed by atoms with van der Waals surface area (Å²) in [4.78, 5) is 17.9. The van der Waals surface area contributed by atoms with Crippen molar-refractivity contribution < 1.29 is 4.79 Å². The number of hydrogen-bond donors (Lipinski definition) is 3. The van der Waals surface area contributed by atoms with Crippen molar-refractivity contribution in [2.75, 3.05) is 26.7 Å². The summed E-state index contributed by atoms with van der Waals surface area (Å²) < 4.78 is 0. The lowest BCUT2D eigenvalue weighted by atomic mass is 9.92. The number of guanidine groups is 1. The van der Waals surface area contributed by atoms with E-state index in [0.717, 1.165) is 37.6 Å². The summed E-state index contributed by atoms with van der Waals surface area (Å²) in [6, 6.07) is 12.0. The summed E-state index contributed by atoms with van der Waals surface area (Å²) in [7, 11) is 1.65. The summed E-state index contributed by atoms with van der Waals surface area (Å²) in [5, 5.41) is 11.5. The van der Waals surface area contributed by atoms with Gasteiger partial charge in [-0.2, -0.15) is 0 Å². The van der Waals surface area contributed by atoms with Crippen LogP contribution in [0, 0.1) is 0 Å². The van der Waals surface area contributed by atoms with E-state index in [9.17, 15) is 4.79 Å². The van der Waals surface area contributed by atoms with Gasteiger partial charge in [-0.1, -0.05) is 32.0 Å². The second-order valence-electron chi connectivity index (χ2n) is 7.01. The Morgan fingerprint density at radius 2 is 2.00 bits per heavy atom. The molecule has 0 unspecified atom stereocenters. The Labute approximate surface area is 166 Å². The molecule has 0 spiro atoms. The van der Waals surface area contributed by atoms with Crippen LogP contribution in [0.25, 0.3) is 0 Å². The normalized spacial score (nSPS) is 11.9. The van der Waals surface area contributed by atoms with Crippen LogP contribution in [0.1, 0.15) is 41.6 Å². The number of nitrogens with zero attached hydrogens (tertiary/aromatic N) is 1. The highest BCUT2D eigenvalue weighted by Gasteiger charge is 2.21. The molecule has 0 bridgehead atoms. The largest absolute Gasteiger partial charge is 0.357 e. The molecule has 2 rings (SSSR count). The number of rotatable bonds is 8. The summed E-state index contributed by atoms with van der Waals surface area (Å²) in [6.07, 6.45) is 0.823. The van der Waals surface area contributed by atoms with Gasteiger partial charge in [-0.15, -0.1) is 11.3 Å². The van der Waals surface area contributed by atoms with Crippen LogP contribution >= 0.6 is 11.3 Å². The quantitative estimate of drug-likeness (QED) is 0.482. The molecule has 6 heteroatoms. The molecule has 27 heavy (non-hydrogen) atoms. The minimum absolute atomic E-state index is 0.0123. The first-order chi connectivity index (χ1) is 13.0. The Bertz CT molecular complexity index is 753. The van der Waals surface area contributed by atoms with E-state index in [-0.39, 0.29) is 11.3 Å². The first-order valence-electron chi connectivity index (χ1n) is 9.33. The van der Waals surface area contributed by atoms with Crippen molar-refractivity contribution in [2.45, 2.75) is 32.6 Å². The van der Waals surface area contributed by atoms with Gasteiger partial charge in [0, 0.05) is 36.0 Å². The van der Waals surface area contributed by atoms with E-state index in [2.05, 4.69) is 54.2 Å². The van der Waals surface area contributed by atoms with Gasteiger partial charge in [0.05, 0.1) is 6.54 Å². The molecule has 0 aliphatic heterocycles. The monoisotopic (exact) mass is 386 g/mol. The first-order valence-corrected chi connectivity index (χ1v) is 10.2. The van der Waals surface area contributed by atoms with Gasteiger partial charge in [-0.3, -0.25) is 9.79 Å². The van der Waals surface area contributed by atoms with Crippen molar-refractivity contribution in [1.29, 1.82) is 0 Å². The molecule has 0 aliphatic carbocycles. The van der Waals surface area contributed by atoms with Crippen molar-refractivity contribution >= 4 is 23.2 Å². The summed E-state index contributed by atoms with van der Waals surface area (Å²) >= 11 is 1.77. The Hall–Kier alpha value is -2.34. The fourth-order valence-corrected chi connectivity index (χ4v) is 3.54. The summed E-state index contributed by atoms with van der Waals surface area (Å²) in [5.74, 6) is 0.764. The number of carbonyl (C=O) groups is 1. The zero-order valence-corrected chi connectivity index (χ0v) is 17.5. The predicted octanol–water partition coefficient (Wildman–Crippen LogP) is 3.18. The van der Waals surface area contributed by atoms with Crippen LogP contribution in [-0.4, -0.2) is 38.5 Å². The van der Waals surface area contributed by atoms with E-state index in [1.54, 1.807) is 18.4 Å². The van der Waals surface area contributed by atoms with Gasteiger partial charge in [-0.05, 0) is 42.5 Å². The minimum atomic E-state index is -0.0597. The maximum Gasteiger partial charge on any atom is 0.251 e. The van der Waals surface area contributed by atoms with Gasteiger partial charge in [0.2, 0.25) is 0 Å². The molecule has 146 valence electrons. The molecule has 1 aromatic carbocycles. The van der Waals surface area contributed by atoms with Crippen LogP contribution in [0.5, 0.6) is 0 Å². The molecule has 1 aromatic heterocycles. The number of thiophene rings is 1. The van der Waals surface area contributed by atoms with Crippen molar-refractivity contribution in [3.8, 4) is 0 Å². The third-order valence-corrected chi connectivity index (χ3v) is 5.52. The molecule has 0 atom stereocenters. The van der Waals surface area contributed by atoms with Crippen molar-refractivity contribution in [1.82, 2.24) is 16.0 Å². The van der Waals surface area contributed by atoms with Crippen LogP contribution in [0.4, 0.5) is 0 Å². The Morgan fingerprint density at radius 1 is 1.19 bits per heavy atom. The zero-order valence-electron chi connectivity index (χ0n) is 16.6. The molecule has 0 fully saturated rings. The third-order valence-electron chi connectivity index (χ3n) is 4.29. The molecule has 0 saturated heterocycles. The van der Waals surface area contributed by atoms with E-state index < -0.39 is 0 Å². The van der Waals surface area contributed by atoms with Crippen LogP contribution in [0.2, 0.25) is 0 Å². The average molecular weight is 387 g/mol. The average Bonchev–Trinajstić information content (AvgIpc) is 3.21. The van der Waals surface area contributed by atoms with Gasteiger partial charge >= 0.3 is 0 Å². The van der Waals surface area contributed by atoms with Crippen molar-refractivity contribution in [3.63, 3.8) is 0 Å². The number of nitrogens with one attached hydrogen (secondary N) is 3. The fourth-order valence-electron chi connectivity index (χ4n) is 2.70. The lowest BCUT2D eigenvalue weighted by Gasteiger charge is -2.22. The molecule has 0 saturated carbocycles. The topological polar surface area (TPSA) is 65.5 Å². The number of amides is 1. The highest BCUT2D eigenvalue weighted by atomic mass is 32.1. The fraction of sp³-hybridized carbons (Fsp3) is 0.429. The molecular weight excluding hydrogens is 356 g/mol. The highest BCUT2D eigenvalue weighted by Crippen LogP contribution is 2.27. The lowest BCUT2D eigenvalue weighted by Crippen LogP contribution is -2.39. The Morgan fingerprint density at radius 3 is 2.67 bits per heavy atom. The van der Waals surface area contributed by atoms with Gasteiger partial charge in [0.25, 0.3) is 5.91 Å². The predicted molar refractivity (Wildman–Crippen MR) is 115 cm³/mol. The van der Waals surface area contributed by atoms with Crippen LogP contribution in [0.3, 0.4) is 0 Å². The van der Waals surface area contributed by atoms with E-state index in [4.69, 9.17) is 4.99 Å². The molecule has 0 radical (unpaired) electrons. The molecular formula is C21H30N4OS. The number of hydrogen-bond acceptors (Lipinski definition) is 3. The molecule has 1 amide bonds. The van der Waals surface area contributed by atoms with E-state index in [0.29, 0.717) is 5.56 Å². The van der Waals surface area contributed by atoms with E-state index in [1.165, 1.54) is 4.88 Å². The molecule has 2 aromatic rings. The van der Waals surface area contributed by atoms with Gasteiger partial charge < -0.3 is 16.0 Å². The first kappa shape index (κ1) is 21.0. The maximum absolute atomic E-state index is 11.8. The molecule has 1 heterocycles. The molecule has 0 aliphatic rings. The smallest absolute Gasteiger partial charge is 0.251 e. The van der Waals surface area contributed by atoms with E-state index in [1.807, 2.05) is 24.3 Å². The second kappa shape index (κ2) is 10.1. The van der Waals surface area contributed by atoms with Gasteiger partial charge in [0.15, 0.2) is 5.96 Å². The number of benzene rings is 1. The van der Waals surface area contributed by atoms with Gasteiger partial charge in [-0.25, -0.2) is 0 Å². The van der Waals surface area contributed by atoms with Crippen LogP contribution in [0.15, 0.2) is 46.8 Å². The molecule has 3 N–H and O–H groups in total. The Balaban J connectivity index is 1.93. The van der Waals surface area contributed by atoms with Crippen LogP contribution < -0.4 is 16.0 Å². The number of aliphatic imine (C=N–C) groups is 1. The minimum Gasteiger partial charge on any atom is -0.357 e. The highest BCUT2D eigenvalue weighted by molar-refractivity contribution is 7.10. The second-order valence-corrected chi connectivity index (χ2v) is 7.96. The molecule has 5 nitrogen and oxygen atoms in total. The van der Waals surface area contributed by atoms with Gasteiger partial charge in [0.1, 0.15) is 0 Å². The van der Waals surface area contributed by atoms with Crippen LogP contribution in [-0.2, 0) is 11.8 Å². The van der Waals surface area contributed by atoms with Crippen molar-refractivity contribution in [2.24, 2.45) is 4.99 Å². The van der Waals surface area contributed by atoms with E-state index >= 15 is 0 Å². The van der Waals surface area contributed by atoms with Crippen molar-refractivity contribution in [3.05, 3.63) is 57.8 Å². The third kappa shape index (κ3) is 6.40. The Kier molecular flexibility index (Phi) is 7.85. The SMILES string of the molecule is CCNC(=NCC(C)(C)c1cccs1)NCCc1cccc(C(=O)NC)c1. The summed E-state index contributed by atoms with van der Waals surface area (Å²) in [6.45, 7) is 8.79. The maximum atomic E-state index is 11.8. The number of carbonyl (C=O) groups excluding carboxylic acids is 1. The zero-order chi connectivity index (χ0) is 19.7. The lowest BCUT2D eigenvalue weighted by molar-refractivity contribution is 0.0963.